The monoisotopic (exact) mass is 458 g/mol. The lowest BCUT2D eigenvalue weighted by atomic mass is 10.1. The van der Waals surface area contributed by atoms with E-state index >= 15 is 0 Å². The van der Waals surface area contributed by atoms with Crippen LogP contribution in [-0.4, -0.2) is 37.3 Å². The van der Waals surface area contributed by atoms with Gasteiger partial charge in [-0.1, -0.05) is 35.5 Å². The molecule has 0 radical (unpaired) electrons. The highest BCUT2D eigenvalue weighted by atomic mass is 32.2. The van der Waals surface area contributed by atoms with Gasteiger partial charge >= 0.3 is 0 Å². The van der Waals surface area contributed by atoms with Crippen LogP contribution in [0.3, 0.4) is 0 Å². The van der Waals surface area contributed by atoms with Crippen LogP contribution in [0.15, 0.2) is 78.2 Å². The van der Waals surface area contributed by atoms with Gasteiger partial charge in [0.05, 0.1) is 5.75 Å². The number of thioether (sulfide) groups is 1. The lowest BCUT2D eigenvalue weighted by molar-refractivity contribution is -0.113. The number of amides is 2. The molecule has 2 aromatic carbocycles. The Morgan fingerprint density at radius 2 is 1.76 bits per heavy atom. The second-order valence-corrected chi connectivity index (χ2v) is 8.29. The predicted molar refractivity (Wildman–Crippen MR) is 129 cm³/mol. The third-order valence-electron chi connectivity index (χ3n) is 4.77. The van der Waals surface area contributed by atoms with Crippen LogP contribution in [0, 0.1) is 6.92 Å². The fourth-order valence-corrected chi connectivity index (χ4v) is 3.89. The van der Waals surface area contributed by atoms with Gasteiger partial charge in [-0.2, -0.15) is 0 Å². The summed E-state index contributed by atoms with van der Waals surface area (Å²) >= 11 is 1.29. The summed E-state index contributed by atoms with van der Waals surface area (Å²) in [6, 6.07) is 18.1. The topological polar surface area (TPSA) is 102 Å². The Balaban J connectivity index is 1.35. The minimum Gasteiger partial charge on any atom is -0.325 e. The van der Waals surface area contributed by atoms with E-state index in [1.165, 1.54) is 11.8 Å². The molecule has 0 aliphatic rings. The van der Waals surface area contributed by atoms with Crippen LogP contribution in [0.2, 0.25) is 0 Å². The van der Waals surface area contributed by atoms with Crippen LogP contribution >= 0.6 is 11.8 Å². The zero-order valence-corrected chi connectivity index (χ0v) is 19.0. The molecule has 0 fully saturated rings. The average molecular weight is 459 g/mol. The molecule has 33 heavy (non-hydrogen) atoms. The quantitative estimate of drug-likeness (QED) is 0.403. The van der Waals surface area contributed by atoms with Crippen molar-refractivity contribution in [3.63, 3.8) is 0 Å². The molecular formula is C24H22N6O2S. The summed E-state index contributed by atoms with van der Waals surface area (Å²) in [6.45, 7) is 1.94. The summed E-state index contributed by atoms with van der Waals surface area (Å²) in [7, 11) is 1.85. The first kappa shape index (κ1) is 22.2. The number of benzene rings is 2. The maximum absolute atomic E-state index is 12.5. The molecule has 0 atom stereocenters. The zero-order chi connectivity index (χ0) is 23.2. The minimum absolute atomic E-state index is 0.166. The van der Waals surface area contributed by atoms with E-state index in [0.29, 0.717) is 27.9 Å². The number of nitrogens with one attached hydrogen (secondary N) is 2. The first-order chi connectivity index (χ1) is 16.0. The highest BCUT2D eigenvalue weighted by Crippen LogP contribution is 2.22. The number of anilines is 2. The van der Waals surface area contributed by atoms with Gasteiger partial charge in [0, 0.05) is 41.9 Å². The number of aromatic nitrogens is 4. The van der Waals surface area contributed by atoms with Crippen LogP contribution in [0.25, 0.3) is 11.4 Å². The number of carbonyl (C=O) groups is 2. The lowest BCUT2D eigenvalue weighted by Gasteiger charge is -2.09. The Morgan fingerprint density at radius 1 is 0.970 bits per heavy atom. The van der Waals surface area contributed by atoms with Crippen molar-refractivity contribution in [2.24, 2.45) is 7.05 Å². The molecule has 2 amide bonds. The minimum atomic E-state index is -0.204. The highest BCUT2D eigenvalue weighted by Gasteiger charge is 2.13. The molecule has 4 rings (SSSR count). The average Bonchev–Trinajstić information content (AvgIpc) is 3.18. The molecule has 2 N–H and O–H groups in total. The molecule has 0 unspecified atom stereocenters. The Labute approximate surface area is 195 Å². The van der Waals surface area contributed by atoms with E-state index in [2.05, 4.69) is 25.8 Å². The van der Waals surface area contributed by atoms with Crippen LogP contribution < -0.4 is 10.6 Å². The van der Waals surface area contributed by atoms with Crippen molar-refractivity contribution >= 4 is 35.0 Å². The standard InChI is InChI=1S/C24H22N6O2S/c1-16-6-3-7-17(12-16)23(32)27-20-10-4-9-19(13-20)26-21(31)15-33-24-29-28-22(30(24)2)18-8-5-11-25-14-18/h3-14H,15H2,1-2H3,(H,26,31)(H,27,32). The molecule has 2 heterocycles. The fraction of sp³-hybridized carbons (Fsp3) is 0.125. The van der Waals surface area contributed by atoms with Gasteiger partial charge in [0.1, 0.15) is 0 Å². The highest BCUT2D eigenvalue weighted by molar-refractivity contribution is 7.99. The van der Waals surface area contributed by atoms with E-state index in [4.69, 9.17) is 0 Å². The van der Waals surface area contributed by atoms with Crippen LogP contribution in [0.5, 0.6) is 0 Å². The number of carbonyl (C=O) groups excluding carboxylic acids is 2. The van der Waals surface area contributed by atoms with Gasteiger partial charge < -0.3 is 15.2 Å². The molecule has 2 aromatic heterocycles. The second kappa shape index (κ2) is 10.1. The summed E-state index contributed by atoms with van der Waals surface area (Å²) in [6.07, 6.45) is 3.42. The van der Waals surface area contributed by atoms with E-state index in [9.17, 15) is 9.59 Å². The van der Waals surface area contributed by atoms with Gasteiger partial charge in [0.15, 0.2) is 11.0 Å². The fourth-order valence-electron chi connectivity index (χ4n) is 3.18. The SMILES string of the molecule is Cc1cccc(C(=O)Nc2cccc(NC(=O)CSc3nnc(-c4cccnc4)n3C)c2)c1. The smallest absolute Gasteiger partial charge is 0.255 e. The first-order valence-corrected chi connectivity index (χ1v) is 11.2. The summed E-state index contributed by atoms with van der Waals surface area (Å²) in [5, 5.41) is 14.7. The molecule has 166 valence electrons. The van der Waals surface area contributed by atoms with Gasteiger partial charge in [0.2, 0.25) is 5.91 Å². The van der Waals surface area contributed by atoms with Crippen molar-refractivity contribution in [3.05, 3.63) is 84.2 Å². The number of aryl methyl sites for hydroxylation is 1. The second-order valence-electron chi connectivity index (χ2n) is 7.35. The zero-order valence-electron chi connectivity index (χ0n) is 18.1. The van der Waals surface area contributed by atoms with Crippen molar-refractivity contribution in [2.45, 2.75) is 12.1 Å². The van der Waals surface area contributed by atoms with Crippen LogP contribution in [0.1, 0.15) is 15.9 Å². The van der Waals surface area contributed by atoms with Crippen LogP contribution in [-0.2, 0) is 11.8 Å². The Bertz CT molecular complexity index is 1290. The van der Waals surface area contributed by atoms with Gasteiger partial charge in [-0.3, -0.25) is 14.6 Å². The maximum atomic E-state index is 12.5. The molecule has 0 aliphatic heterocycles. The van der Waals surface area contributed by atoms with E-state index in [-0.39, 0.29) is 17.6 Å². The lowest BCUT2D eigenvalue weighted by Crippen LogP contribution is -2.15. The molecule has 8 nitrogen and oxygen atoms in total. The number of hydrogen-bond donors (Lipinski definition) is 2. The Kier molecular flexibility index (Phi) is 6.80. The first-order valence-electron chi connectivity index (χ1n) is 10.2. The van der Waals surface area contributed by atoms with Gasteiger partial charge in [-0.15, -0.1) is 10.2 Å². The van der Waals surface area contributed by atoms with Gasteiger partial charge in [-0.05, 0) is 49.4 Å². The maximum Gasteiger partial charge on any atom is 0.255 e. The van der Waals surface area contributed by atoms with Crippen molar-refractivity contribution in [3.8, 4) is 11.4 Å². The van der Waals surface area contributed by atoms with Crippen molar-refractivity contribution in [1.82, 2.24) is 19.7 Å². The summed E-state index contributed by atoms with van der Waals surface area (Å²) in [5.74, 6) is 0.458. The molecule has 0 bridgehead atoms. The Morgan fingerprint density at radius 3 is 2.52 bits per heavy atom. The van der Waals surface area contributed by atoms with E-state index < -0.39 is 0 Å². The van der Waals surface area contributed by atoms with Crippen molar-refractivity contribution in [2.75, 3.05) is 16.4 Å². The number of pyridine rings is 1. The van der Waals surface area contributed by atoms with Gasteiger partial charge in [-0.25, -0.2) is 0 Å². The molecule has 0 saturated heterocycles. The molecule has 0 spiro atoms. The number of nitrogens with zero attached hydrogens (tertiary/aromatic N) is 4. The summed E-state index contributed by atoms with van der Waals surface area (Å²) < 4.78 is 1.83. The largest absolute Gasteiger partial charge is 0.325 e. The van der Waals surface area contributed by atoms with E-state index in [1.54, 1.807) is 42.7 Å². The Hall–Kier alpha value is -3.98. The van der Waals surface area contributed by atoms with Crippen molar-refractivity contribution < 1.29 is 9.59 Å². The predicted octanol–water partition coefficient (Wildman–Crippen LogP) is 4.17. The van der Waals surface area contributed by atoms with Crippen LogP contribution in [0.4, 0.5) is 11.4 Å². The van der Waals surface area contributed by atoms with E-state index in [0.717, 1.165) is 11.1 Å². The normalized spacial score (nSPS) is 10.6. The number of hydrogen-bond acceptors (Lipinski definition) is 6. The molecular weight excluding hydrogens is 436 g/mol. The molecule has 0 saturated carbocycles. The third-order valence-corrected chi connectivity index (χ3v) is 5.79. The summed E-state index contributed by atoms with van der Waals surface area (Å²) in [4.78, 5) is 29.1. The summed E-state index contributed by atoms with van der Waals surface area (Å²) in [5.41, 5.74) is 3.64. The van der Waals surface area contributed by atoms with E-state index in [1.807, 2.05) is 48.9 Å². The van der Waals surface area contributed by atoms with Crippen molar-refractivity contribution in [1.29, 1.82) is 0 Å². The molecule has 9 heteroatoms. The molecule has 4 aromatic rings. The van der Waals surface area contributed by atoms with Gasteiger partial charge in [0.25, 0.3) is 5.91 Å². The third kappa shape index (κ3) is 5.64. The number of rotatable bonds is 7. The molecule has 0 aliphatic carbocycles.